The Morgan fingerprint density at radius 3 is 2.31 bits per heavy atom. The summed E-state index contributed by atoms with van der Waals surface area (Å²) in [5.41, 5.74) is 0.500. The Morgan fingerprint density at radius 2 is 1.72 bits per heavy atom. The number of hydrogen-bond donors (Lipinski definition) is 4. The molecule has 10 nitrogen and oxygen atoms in total. The fourth-order valence-corrected chi connectivity index (χ4v) is 5.86. The minimum atomic E-state index is -4.80. The summed E-state index contributed by atoms with van der Waals surface area (Å²) in [7, 11) is 0. The molecule has 1 aliphatic rings. The second-order valence-corrected chi connectivity index (χ2v) is 11.6. The van der Waals surface area contributed by atoms with E-state index in [1.54, 1.807) is 6.07 Å². The van der Waals surface area contributed by atoms with Crippen LogP contribution in [0.4, 0.5) is 29.6 Å². The highest BCUT2D eigenvalue weighted by atomic mass is 32.1. The van der Waals surface area contributed by atoms with Crippen molar-refractivity contribution in [2.24, 2.45) is 17.3 Å². The molecule has 1 aromatic carbocycles. The van der Waals surface area contributed by atoms with Crippen LogP contribution in [-0.2, 0) is 0 Å². The molecule has 1 saturated carbocycles. The van der Waals surface area contributed by atoms with Crippen molar-refractivity contribution < 1.29 is 27.5 Å². The van der Waals surface area contributed by atoms with Crippen molar-refractivity contribution in [3.8, 4) is 5.75 Å². The molecule has 210 valence electrons. The fourth-order valence-electron chi connectivity index (χ4n) is 4.81. The molecule has 2 aromatic heterocycles. The highest BCUT2D eigenvalue weighted by molar-refractivity contribution is 7.14. The summed E-state index contributed by atoms with van der Waals surface area (Å²) in [6.07, 6.45) is -0.957. The number of aromatic amines is 1. The summed E-state index contributed by atoms with van der Waals surface area (Å²) in [5, 5.41) is 21.4. The zero-order chi connectivity index (χ0) is 28.2. The number of urea groups is 1. The Hall–Kier alpha value is -3.68. The van der Waals surface area contributed by atoms with Gasteiger partial charge in [0.05, 0.1) is 10.9 Å². The topological polar surface area (TPSA) is 134 Å². The number of ether oxygens (including phenoxy) is 1. The van der Waals surface area contributed by atoms with Crippen molar-refractivity contribution >= 4 is 34.9 Å². The molecule has 4 N–H and O–H groups in total. The van der Waals surface area contributed by atoms with Crippen molar-refractivity contribution in [2.75, 3.05) is 10.6 Å². The number of carbonyl (C=O) groups excluding carboxylic acids is 2. The molecule has 4 rings (SSSR count). The Kier molecular flexibility index (Phi) is 8.42. The zero-order valence-electron chi connectivity index (χ0n) is 21.6. The largest absolute Gasteiger partial charge is 0.573 e. The van der Waals surface area contributed by atoms with Crippen molar-refractivity contribution in [1.82, 2.24) is 25.9 Å². The van der Waals surface area contributed by atoms with Crippen LogP contribution in [-0.4, -0.2) is 38.9 Å². The van der Waals surface area contributed by atoms with Gasteiger partial charge in [0, 0.05) is 10.6 Å². The van der Waals surface area contributed by atoms with E-state index >= 15 is 0 Å². The number of nitrogens with one attached hydrogen (secondary N) is 4. The number of rotatable bonds is 7. The number of carbonyl (C=O) groups is 2. The number of H-pyrrole nitrogens is 1. The Labute approximate surface area is 227 Å². The van der Waals surface area contributed by atoms with Gasteiger partial charge in [-0.2, -0.15) is 5.21 Å². The maximum atomic E-state index is 13.0. The molecule has 39 heavy (non-hydrogen) atoms. The molecule has 0 aliphatic heterocycles. The minimum Gasteiger partial charge on any atom is -0.406 e. The molecule has 0 radical (unpaired) electrons. The molecular weight excluding hydrogens is 535 g/mol. The lowest BCUT2D eigenvalue weighted by atomic mass is 9.68. The molecule has 1 aliphatic carbocycles. The number of benzene rings is 1. The van der Waals surface area contributed by atoms with Gasteiger partial charge in [0.25, 0.3) is 11.9 Å². The van der Waals surface area contributed by atoms with E-state index in [-0.39, 0.29) is 29.1 Å². The summed E-state index contributed by atoms with van der Waals surface area (Å²) >= 11 is 1.26. The summed E-state index contributed by atoms with van der Waals surface area (Å²) in [6, 6.07) is 7.54. The summed E-state index contributed by atoms with van der Waals surface area (Å²) in [4.78, 5) is 26.9. The fraction of sp³-hybridized carbons (Fsp3) is 0.480. The van der Waals surface area contributed by atoms with E-state index in [1.807, 2.05) is 6.07 Å². The predicted octanol–water partition coefficient (Wildman–Crippen LogP) is 6.13. The Bertz CT molecular complexity index is 1250. The Morgan fingerprint density at radius 1 is 1.03 bits per heavy atom. The van der Waals surface area contributed by atoms with Crippen molar-refractivity contribution in [1.29, 1.82) is 0 Å². The van der Waals surface area contributed by atoms with Gasteiger partial charge >= 0.3 is 12.4 Å². The monoisotopic (exact) mass is 565 g/mol. The summed E-state index contributed by atoms with van der Waals surface area (Å²) in [5.74, 6) is -0.0132. The number of aromatic nitrogens is 4. The molecule has 1 unspecified atom stereocenters. The van der Waals surface area contributed by atoms with Crippen LogP contribution >= 0.6 is 11.3 Å². The van der Waals surface area contributed by atoms with Crippen LogP contribution in [0, 0.1) is 17.3 Å². The molecule has 0 bridgehead atoms. The number of nitrogens with zero attached hydrogens (tertiary/aromatic N) is 3. The third-order valence-corrected chi connectivity index (χ3v) is 8.00. The maximum Gasteiger partial charge on any atom is 0.573 e. The summed E-state index contributed by atoms with van der Waals surface area (Å²) in [6.45, 7) is 6.71. The second-order valence-electron chi connectivity index (χ2n) is 10.5. The average Bonchev–Trinajstić information content (AvgIpc) is 3.55. The van der Waals surface area contributed by atoms with Gasteiger partial charge in [-0.05, 0) is 84.5 Å². The van der Waals surface area contributed by atoms with Gasteiger partial charge in [0.1, 0.15) is 5.75 Å². The van der Waals surface area contributed by atoms with E-state index in [4.69, 9.17) is 0 Å². The van der Waals surface area contributed by atoms with E-state index in [1.165, 1.54) is 23.5 Å². The van der Waals surface area contributed by atoms with Gasteiger partial charge in [-0.3, -0.25) is 10.1 Å². The maximum absolute atomic E-state index is 13.0. The number of alkyl halides is 3. The van der Waals surface area contributed by atoms with Gasteiger partial charge in [-0.25, -0.2) is 4.79 Å². The number of anilines is 2. The van der Waals surface area contributed by atoms with E-state index in [0.29, 0.717) is 16.5 Å². The van der Waals surface area contributed by atoms with Crippen LogP contribution in [0.5, 0.6) is 5.75 Å². The van der Waals surface area contributed by atoms with Gasteiger partial charge in [0.15, 0.2) is 0 Å². The van der Waals surface area contributed by atoms with Crippen LogP contribution in [0.2, 0.25) is 0 Å². The first-order valence-corrected chi connectivity index (χ1v) is 13.3. The van der Waals surface area contributed by atoms with Crippen LogP contribution in [0.25, 0.3) is 0 Å². The normalized spacial score (nSPS) is 18.7. The standard InChI is InChI=1S/C25H30F3N7O3S/c1-24(2,3)15-6-4-14(5-7-15)20(18-12-13-19(39-18)21(36)31-22-32-34-35-33-22)30-23(37)29-16-8-10-17(11-9-16)38-25(26,27)28/h8-15,20H,4-7H2,1-3H3,(H2,29,30,37)(H2,31,32,33,34,35,36). The van der Waals surface area contributed by atoms with Crippen LogP contribution < -0.4 is 20.7 Å². The SMILES string of the molecule is CC(C)(C)C1CCC(C(NC(=O)Nc2ccc(OC(F)(F)F)cc2)c2ccc(C(=O)Nc3nn[nH]n3)s2)CC1. The van der Waals surface area contributed by atoms with E-state index in [0.717, 1.165) is 42.7 Å². The van der Waals surface area contributed by atoms with E-state index < -0.39 is 18.3 Å². The Balaban J connectivity index is 1.47. The average molecular weight is 566 g/mol. The highest BCUT2D eigenvalue weighted by Crippen LogP contribution is 2.44. The third-order valence-electron chi connectivity index (χ3n) is 6.83. The molecule has 3 aromatic rings. The molecule has 2 heterocycles. The van der Waals surface area contributed by atoms with Gasteiger partial charge in [-0.1, -0.05) is 25.9 Å². The first kappa shape index (κ1) is 28.3. The molecule has 1 fully saturated rings. The van der Waals surface area contributed by atoms with Gasteiger partial charge in [0.2, 0.25) is 0 Å². The van der Waals surface area contributed by atoms with E-state index in [2.05, 4.69) is 62.1 Å². The van der Waals surface area contributed by atoms with Crippen LogP contribution in [0.15, 0.2) is 36.4 Å². The molecule has 3 amide bonds. The summed E-state index contributed by atoms with van der Waals surface area (Å²) < 4.78 is 41.2. The molecule has 0 saturated heterocycles. The number of amides is 3. The number of hydrogen-bond acceptors (Lipinski definition) is 7. The smallest absolute Gasteiger partial charge is 0.406 e. The van der Waals surface area contributed by atoms with Crippen molar-refractivity contribution in [3.05, 3.63) is 46.2 Å². The van der Waals surface area contributed by atoms with Crippen molar-refractivity contribution in [3.63, 3.8) is 0 Å². The van der Waals surface area contributed by atoms with Crippen LogP contribution in [0.3, 0.4) is 0 Å². The molecule has 14 heteroatoms. The van der Waals surface area contributed by atoms with Crippen LogP contribution in [0.1, 0.15) is 67.0 Å². The zero-order valence-corrected chi connectivity index (χ0v) is 22.4. The molecule has 1 atom stereocenters. The predicted molar refractivity (Wildman–Crippen MR) is 139 cm³/mol. The number of halogens is 3. The number of thiophene rings is 1. The van der Waals surface area contributed by atoms with Crippen molar-refractivity contribution in [2.45, 2.75) is 58.9 Å². The van der Waals surface area contributed by atoms with Gasteiger partial charge < -0.3 is 15.4 Å². The lowest BCUT2D eigenvalue weighted by Crippen LogP contribution is -2.38. The first-order valence-electron chi connectivity index (χ1n) is 12.5. The quantitative estimate of drug-likeness (QED) is 0.272. The highest BCUT2D eigenvalue weighted by Gasteiger charge is 2.35. The first-order chi connectivity index (χ1) is 18.4. The lowest BCUT2D eigenvalue weighted by Gasteiger charge is -2.39. The second kappa shape index (κ2) is 11.6. The number of tetrazole rings is 1. The third kappa shape index (κ3) is 7.91. The minimum absolute atomic E-state index is 0.0520. The molecule has 0 spiro atoms. The van der Waals surface area contributed by atoms with Gasteiger partial charge in [-0.15, -0.1) is 29.6 Å². The molecular formula is C25H30F3N7O3S. The lowest BCUT2D eigenvalue weighted by molar-refractivity contribution is -0.274. The van der Waals surface area contributed by atoms with E-state index in [9.17, 15) is 22.8 Å².